The van der Waals surface area contributed by atoms with Gasteiger partial charge in [0.05, 0.1) is 36.4 Å². The van der Waals surface area contributed by atoms with Crippen LogP contribution in [0.4, 0.5) is 36.3 Å². The number of hydrogen-bond donors (Lipinski definition) is 6. The predicted octanol–water partition coefficient (Wildman–Crippen LogP) is 4.66. The van der Waals surface area contributed by atoms with E-state index in [9.17, 15) is 32.3 Å². The largest absolute Gasteiger partial charge is 0.495 e. The number of benzene rings is 2. The van der Waals surface area contributed by atoms with Gasteiger partial charge in [-0.1, -0.05) is 12.1 Å². The van der Waals surface area contributed by atoms with Gasteiger partial charge >= 0.3 is 13.8 Å². The zero-order chi connectivity index (χ0) is 32.8. The maximum atomic E-state index is 14.0. The van der Waals surface area contributed by atoms with E-state index in [0.29, 0.717) is 30.3 Å². The van der Waals surface area contributed by atoms with Gasteiger partial charge in [0.15, 0.2) is 0 Å². The van der Waals surface area contributed by atoms with Crippen LogP contribution in [0.5, 0.6) is 5.75 Å². The summed E-state index contributed by atoms with van der Waals surface area (Å²) in [6.07, 6.45) is -0.0810. The number of amides is 1. The number of halogens is 3. The number of anilines is 4. The van der Waals surface area contributed by atoms with E-state index >= 15 is 0 Å². The number of nitrogens with one attached hydrogen (secondary N) is 3. The zero-order valence-corrected chi connectivity index (χ0v) is 25.1. The summed E-state index contributed by atoms with van der Waals surface area (Å²) in [5.41, 5.74) is 0.692. The molecular formula is C28H31F3N7O6P. The van der Waals surface area contributed by atoms with Gasteiger partial charge in [-0.05, 0) is 48.2 Å². The Morgan fingerprint density at radius 3 is 2.47 bits per heavy atom. The van der Waals surface area contributed by atoms with Gasteiger partial charge in [0.25, 0.3) is 5.91 Å². The molecule has 0 radical (unpaired) electrons. The Bertz CT molecular complexity index is 1710. The van der Waals surface area contributed by atoms with E-state index in [2.05, 4.69) is 31.0 Å². The van der Waals surface area contributed by atoms with Crippen LogP contribution in [0.25, 0.3) is 11.1 Å². The van der Waals surface area contributed by atoms with Crippen LogP contribution in [0.15, 0.2) is 55.0 Å². The highest BCUT2D eigenvalue weighted by Crippen LogP contribution is 2.41. The van der Waals surface area contributed by atoms with Crippen molar-refractivity contribution in [3.8, 4) is 16.9 Å². The lowest BCUT2D eigenvalue weighted by atomic mass is 10.0. The summed E-state index contributed by atoms with van der Waals surface area (Å²) in [7, 11) is -1.65. The molecule has 2 heterocycles. The number of alkyl halides is 3. The number of unbranched alkanes of at least 4 members (excludes halogenated alkanes) is 1. The molecule has 0 saturated heterocycles. The minimum atomic E-state index is -4.85. The molecule has 4 aromatic rings. The average Bonchev–Trinajstić information content (AvgIpc) is 3.45. The van der Waals surface area contributed by atoms with Gasteiger partial charge in [-0.25, -0.2) is 4.98 Å². The molecule has 0 saturated carbocycles. The topological polar surface area (TPSA) is 184 Å². The normalized spacial score (nSPS) is 11.7. The van der Waals surface area contributed by atoms with E-state index in [1.54, 1.807) is 23.1 Å². The molecule has 0 bridgehead atoms. The maximum Gasteiger partial charge on any atom is 0.421 e. The number of carbonyl (C=O) groups is 1. The monoisotopic (exact) mass is 649 g/mol. The molecule has 1 amide bonds. The van der Waals surface area contributed by atoms with Crippen LogP contribution in [0, 0.1) is 0 Å². The Hall–Kier alpha value is -4.50. The number of aryl methyl sites for hydroxylation is 1. The third kappa shape index (κ3) is 8.79. The second-order valence-electron chi connectivity index (χ2n) is 9.82. The molecule has 17 heteroatoms. The van der Waals surface area contributed by atoms with Crippen molar-refractivity contribution in [1.82, 2.24) is 25.1 Å². The fourth-order valence-corrected chi connectivity index (χ4v) is 5.02. The standard InChI is InChI=1S/C28H31F3N7O6P/c1-32-26(40)20-12-18(19-13-34-38(15-19)9-3-4-10-39)6-8-22(20)35-25-21(28(29,30)31)14-33-27(37-25)36-23-7-5-17(11-24(23)44-2)16-45(41,42)43/h5-8,11-15,39H,3-4,9-10,16H2,1-2H3,(H,32,40)(H2,41,42,43)(H2,33,35,36,37). The minimum absolute atomic E-state index is 0.0444. The van der Waals surface area contributed by atoms with E-state index in [-0.39, 0.29) is 40.8 Å². The summed E-state index contributed by atoms with van der Waals surface area (Å²) < 4.78 is 60.4. The average molecular weight is 650 g/mol. The smallest absolute Gasteiger partial charge is 0.421 e. The van der Waals surface area contributed by atoms with Crippen LogP contribution in [-0.4, -0.2) is 61.3 Å². The summed E-state index contributed by atoms with van der Waals surface area (Å²) in [5, 5.41) is 21.2. The van der Waals surface area contributed by atoms with Gasteiger partial charge in [0, 0.05) is 38.2 Å². The summed E-state index contributed by atoms with van der Waals surface area (Å²) in [6.45, 7) is 0.650. The molecule has 13 nitrogen and oxygen atoms in total. The SMILES string of the molecule is CNC(=O)c1cc(-c2cnn(CCCCO)c2)ccc1Nc1nc(Nc2ccc(CP(=O)(O)O)cc2OC)ncc1C(F)(F)F. The van der Waals surface area contributed by atoms with Gasteiger partial charge in [0.2, 0.25) is 5.95 Å². The van der Waals surface area contributed by atoms with Crippen LogP contribution >= 0.6 is 7.60 Å². The number of ether oxygens (including phenoxy) is 1. The number of aliphatic hydroxyl groups excluding tert-OH is 1. The van der Waals surface area contributed by atoms with Crippen molar-refractivity contribution in [3.63, 3.8) is 0 Å². The van der Waals surface area contributed by atoms with E-state index in [1.165, 1.54) is 44.5 Å². The molecule has 6 N–H and O–H groups in total. The molecular weight excluding hydrogens is 618 g/mol. The second kappa shape index (κ2) is 14.1. The van der Waals surface area contributed by atoms with Crippen LogP contribution in [0.1, 0.15) is 34.3 Å². The molecule has 0 fully saturated rings. The van der Waals surface area contributed by atoms with Gasteiger partial charge in [0.1, 0.15) is 17.1 Å². The Morgan fingerprint density at radius 1 is 1.04 bits per heavy atom. The summed E-state index contributed by atoms with van der Waals surface area (Å²) in [5.74, 6) is -1.30. The quantitative estimate of drug-likeness (QED) is 0.0875. The van der Waals surface area contributed by atoms with E-state index < -0.39 is 37.2 Å². The molecule has 2 aromatic carbocycles. The van der Waals surface area contributed by atoms with E-state index in [4.69, 9.17) is 9.84 Å². The van der Waals surface area contributed by atoms with Gasteiger partial charge in [-0.2, -0.15) is 23.3 Å². The Morgan fingerprint density at radius 2 is 1.80 bits per heavy atom. The first-order valence-electron chi connectivity index (χ1n) is 13.5. The van der Waals surface area contributed by atoms with Crippen molar-refractivity contribution in [3.05, 3.63) is 71.7 Å². The lowest BCUT2D eigenvalue weighted by Crippen LogP contribution is -2.20. The molecule has 2 aromatic heterocycles. The highest BCUT2D eigenvalue weighted by Gasteiger charge is 2.36. The molecule has 0 unspecified atom stereocenters. The number of nitrogens with zero attached hydrogens (tertiary/aromatic N) is 4. The molecule has 4 rings (SSSR count). The molecule has 0 aliphatic heterocycles. The van der Waals surface area contributed by atoms with Crippen molar-refractivity contribution in [2.45, 2.75) is 31.7 Å². The van der Waals surface area contributed by atoms with Crippen LogP contribution in [0.2, 0.25) is 0 Å². The number of rotatable bonds is 13. The van der Waals surface area contributed by atoms with Gasteiger partial charge in [-0.15, -0.1) is 0 Å². The number of aliphatic hydroxyl groups is 1. The number of carbonyl (C=O) groups excluding carboxylic acids is 1. The van der Waals surface area contributed by atoms with Crippen LogP contribution in [0.3, 0.4) is 0 Å². The number of methoxy groups -OCH3 is 1. The summed E-state index contributed by atoms with van der Waals surface area (Å²) in [4.78, 5) is 39.2. The Balaban J connectivity index is 1.67. The maximum absolute atomic E-state index is 14.0. The van der Waals surface area contributed by atoms with Crippen molar-refractivity contribution in [2.24, 2.45) is 0 Å². The lowest BCUT2D eigenvalue weighted by molar-refractivity contribution is -0.137. The highest BCUT2D eigenvalue weighted by atomic mass is 31.2. The fraction of sp³-hybridized carbons (Fsp3) is 0.286. The highest BCUT2D eigenvalue weighted by molar-refractivity contribution is 7.50. The molecule has 0 spiro atoms. The number of aromatic nitrogens is 4. The first-order valence-corrected chi connectivity index (χ1v) is 15.3. The molecule has 0 aliphatic carbocycles. The number of hydrogen-bond acceptors (Lipinski definition) is 9. The lowest BCUT2D eigenvalue weighted by Gasteiger charge is -2.18. The Labute approximate surface area is 255 Å². The molecule has 45 heavy (non-hydrogen) atoms. The van der Waals surface area contributed by atoms with Gasteiger partial charge in [-0.3, -0.25) is 14.0 Å². The first-order chi connectivity index (χ1) is 21.3. The van der Waals surface area contributed by atoms with Crippen molar-refractivity contribution in [2.75, 3.05) is 31.4 Å². The Kier molecular flexibility index (Phi) is 10.4. The third-order valence-corrected chi connectivity index (χ3v) is 7.28. The second-order valence-corrected chi connectivity index (χ2v) is 11.5. The van der Waals surface area contributed by atoms with Crippen molar-refractivity contribution >= 4 is 36.6 Å². The first kappa shape index (κ1) is 33.4. The van der Waals surface area contributed by atoms with E-state index in [0.717, 1.165) is 6.42 Å². The zero-order valence-electron chi connectivity index (χ0n) is 24.2. The molecule has 0 aliphatic rings. The summed E-state index contributed by atoms with van der Waals surface area (Å²) in [6, 6.07) is 8.83. The minimum Gasteiger partial charge on any atom is -0.495 e. The van der Waals surface area contributed by atoms with Crippen LogP contribution in [-0.2, 0) is 23.4 Å². The van der Waals surface area contributed by atoms with E-state index in [1.807, 2.05) is 0 Å². The third-order valence-electron chi connectivity index (χ3n) is 6.50. The van der Waals surface area contributed by atoms with Gasteiger partial charge < -0.3 is 35.6 Å². The molecule has 0 atom stereocenters. The van der Waals surface area contributed by atoms with Crippen LogP contribution < -0.4 is 20.7 Å². The fourth-order valence-electron chi connectivity index (χ4n) is 4.34. The molecule has 240 valence electrons. The predicted molar refractivity (Wildman–Crippen MR) is 160 cm³/mol. The summed E-state index contributed by atoms with van der Waals surface area (Å²) >= 11 is 0. The van der Waals surface area contributed by atoms with Crippen molar-refractivity contribution < 1.29 is 42.2 Å². The van der Waals surface area contributed by atoms with Crippen molar-refractivity contribution in [1.29, 1.82) is 0 Å².